The summed E-state index contributed by atoms with van der Waals surface area (Å²) in [6.45, 7) is 2.34. The van der Waals surface area contributed by atoms with Gasteiger partial charge in [0.25, 0.3) is 0 Å². The maximum atomic E-state index is 12.6. The Labute approximate surface area is 365 Å². The van der Waals surface area contributed by atoms with Gasteiger partial charge in [-0.15, -0.1) is 0 Å². The molecule has 5 N–H and O–H groups in total. The first-order chi connectivity index (χ1) is 29.5. The Kier molecular flexibility index (Phi) is 38.4. The third-order valence-corrected chi connectivity index (χ3v) is 9.25. The molecule has 2 unspecified atom stereocenters. The average molecular weight is 872 g/mol. The second-order valence-corrected chi connectivity index (χ2v) is 15.4. The minimum Gasteiger partial charge on any atom is -0.480 e. The van der Waals surface area contributed by atoms with Crippen LogP contribution in [0.15, 0.2) is 122 Å². The summed E-state index contributed by atoms with van der Waals surface area (Å²) in [5, 5.41) is 19.1. The van der Waals surface area contributed by atoms with E-state index in [1.54, 1.807) is 24.3 Å². The maximum absolute atomic E-state index is 12.6. The number of hydrogen-bond donors (Lipinski definition) is 4. The molecule has 342 valence electrons. The molecule has 13 heteroatoms. The molecule has 0 aromatic rings. The van der Waals surface area contributed by atoms with Crippen LogP contribution in [0.25, 0.3) is 0 Å². The summed E-state index contributed by atoms with van der Waals surface area (Å²) < 4.78 is 32.5. The zero-order valence-electron chi connectivity index (χ0n) is 36.6. The number of carboxylic acid groups (broad SMARTS) is 1. The fourth-order valence-corrected chi connectivity index (χ4v) is 5.71. The highest BCUT2D eigenvalue weighted by Gasteiger charge is 2.28. The van der Waals surface area contributed by atoms with E-state index in [1.807, 2.05) is 12.2 Å². The molecular formula is C48H74NO11P. The number of allylic oxidation sites excluding steroid dienone is 18. The van der Waals surface area contributed by atoms with Gasteiger partial charge in [0.15, 0.2) is 6.10 Å². The van der Waals surface area contributed by atoms with Crippen molar-refractivity contribution in [2.45, 2.75) is 141 Å². The average Bonchev–Trinajstić information content (AvgIpc) is 3.23. The first-order valence-electron chi connectivity index (χ1n) is 21.7. The van der Waals surface area contributed by atoms with Gasteiger partial charge in [-0.3, -0.25) is 23.4 Å². The summed E-state index contributed by atoms with van der Waals surface area (Å²) in [6, 6.07) is -1.56. The largest absolute Gasteiger partial charge is 0.480 e. The van der Waals surface area contributed by atoms with Gasteiger partial charge >= 0.3 is 25.7 Å². The Morgan fingerprint density at radius 3 is 1.67 bits per heavy atom. The zero-order chi connectivity index (χ0) is 45.1. The van der Waals surface area contributed by atoms with Crippen molar-refractivity contribution in [3.8, 4) is 0 Å². The fraction of sp³-hybridized carbons (Fsp3) is 0.521. The van der Waals surface area contributed by atoms with Crippen molar-refractivity contribution in [3.05, 3.63) is 122 Å². The Balaban J connectivity index is 4.65. The van der Waals surface area contributed by atoms with Gasteiger partial charge in [-0.1, -0.05) is 148 Å². The number of carbonyl (C=O) groups is 3. The van der Waals surface area contributed by atoms with Crippen molar-refractivity contribution >= 4 is 25.7 Å². The summed E-state index contributed by atoms with van der Waals surface area (Å²) in [5.41, 5.74) is 5.32. The van der Waals surface area contributed by atoms with Crippen LogP contribution in [0.4, 0.5) is 0 Å². The van der Waals surface area contributed by atoms with Crippen molar-refractivity contribution < 1.29 is 52.6 Å². The normalized spacial score (nSPS) is 15.4. The van der Waals surface area contributed by atoms with Crippen molar-refractivity contribution in [3.63, 3.8) is 0 Å². The van der Waals surface area contributed by atoms with Crippen LogP contribution in [0.5, 0.6) is 0 Å². The van der Waals surface area contributed by atoms with Crippen molar-refractivity contribution in [2.75, 3.05) is 19.8 Å². The fourth-order valence-electron chi connectivity index (χ4n) is 4.93. The molecule has 0 heterocycles. The predicted octanol–water partition coefficient (Wildman–Crippen LogP) is 10.6. The topological polar surface area (TPSA) is 192 Å². The van der Waals surface area contributed by atoms with E-state index in [9.17, 15) is 28.9 Å². The van der Waals surface area contributed by atoms with E-state index in [4.69, 9.17) is 24.8 Å². The van der Waals surface area contributed by atoms with E-state index in [0.29, 0.717) is 19.3 Å². The molecule has 0 aliphatic carbocycles. The van der Waals surface area contributed by atoms with Crippen LogP contribution >= 0.6 is 7.82 Å². The Bertz CT molecular complexity index is 1510. The smallest absolute Gasteiger partial charge is 0.472 e. The van der Waals surface area contributed by atoms with Gasteiger partial charge in [0.2, 0.25) is 0 Å². The number of hydrogen-bond acceptors (Lipinski definition) is 10. The third kappa shape index (κ3) is 41.0. The van der Waals surface area contributed by atoms with E-state index in [0.717, 1.165) is 77.0 Å². The maximum Gasteiger partial charge on any atom is 0.472 e. The first-order valence-corrected chi connectivity index (χ1v) is 23.2. The number of esters is 2. The van der Waals surface area contributed by atoms with Gasteiger partial charge in [-0.2, -0.15) is 0 Å². The highest BCUT2D eigenvalue weighted by molar-refractivity contribution is 7.47. The molecular weight excluding hydrogens is 797 g/mol. The van der Waals surface area contributed by atoms with Gasteiger partial charge < -0.3 is 30.3 Å². The monoisotopic (exact) mass is 871 g/mol. The molecule has 0 bridgehead atoms. The quantitative estimate of drug-likeness (QED) is 0.0151. The first kappa shape index (κ1) is 56.8. The Hall–Kier alpha value is -4.16. The third-order valence-electron chi connectivity index (χ3n) is 8.30. The number of aliphatic hydroxyl groups excluding tert-OH is 1. The van der Waals surface area contributed by atoms with Gasteiger partial charge in [0.1, 0.15) is 12.6 Å². The number of carboxylic acids is 1. The number of phosphoric acid groups is 1. The predicted molar refractivity (Wildman–Crippen MR) is 245 cm³/mol. The lowest BCUT2D eigenvalue weighted by Gasteiger charge is -2.20. The molecule has 4 atom stereocenters. The minimum absolute atomic E-state index is 0.00149. The standard InChI is InChI=1S/C48H74NO11P/c1-3-5-7-9-11-13-15-17-18-19-20-22-24-26-28-30-34-39-47(52)60-44(41-58-61(55,56)59-42-45(49)48(53)54)40-57-46(51)38-35-31-33-37-43(50)36-32-29-27-25-23-21-16-14-12-10-8-6-4-2/h5-8,11-14,17-18,20-23,27,29,31-33,36,43-45,50H,3-4,9-10,15-16,19,24-26,28,30,34-35,37-42,49H2,1-2H3,(H,53,54)(H,55,56)/b7-5-,8-6-,13-11-,14-12-,18-17-,22-20-,23-21-,29-27-,33-31-,36-32-/t43?,44-,45+/m1/s1. The van der Waals surface area contributed by atoms with E-state index < -0.39 is 63.8 Å². The zero-order valence-corrected chi connectivity index (χ0v) is 37.4. The SMILES string of the molecule is CC/C=C\C/C=C\C/C=C\C/C=C\C=C/C(O)C/C=C\CCC(=O)OC[C@H](COP(=O)(O)OC[C@H](N)C(=O)O)OC(=O)CCCCCC/C=C\C/C=C\C/C=C\C/C=C\CC. The molecule has 0 aliphatic heterocycles. The van der Waals surface area contributed by atoms with Crippen LogP contribution in [0.3, 0.4) is 0 Å². The molecule has 0 amide bonds. The Morgan fingerprint density at radius 2 is 1.10 bits per heavy atom. The van der Waals surface area contributed by atoms with Crippen LogP contribution in [-0.4, -0.2) is 71.1 Å². The molecule has 0 saturated carbocycles. The summed E-state index contributed by atoms with van der Waals surface area (Å²) in [5.74, 6) is -2.63. The molecule has 0 rings (SSSR count). The lowest BCUT2D eigenvalue weighted by molar-refractivity contribution is -0.161. The summed E-state index contributed by atoms with van der Waals surface area (Å²) >= 11 is 0. The van der Waals surface area contributed by atoms with Crippen LogP contribution in [0.1, 0.15) is 123 Å². The van der Waals surface area contributed by atoms with E-state index in [-0.39, 0.29) is 12.8 Å². The van der Waals surface area contributed by atoms with Crippen molar-refractivity contribution in [2.24, 2.45) is 5.73 Å². The lowest BCUT2D eigenvalue weighted by atomic mass is 10.1. The second-order valence-electron chi connectivity index (χ2n) is 13.9. The van der Waals surface area contributed by atoms with Gasteiger partial charge in [-0.25, -0.2) is 4.57 Å². The number of unbranched alkanes of at least 4 members (excludes halogenated alkanes) is 4. The van der Waals surface area contributed by atoms with Gasteiger partial charge in [-0.05, 0) is 83.5 Å². The van der Waals surface area contributed by atoms with Crippen LogP contribution in [0.2, 0.25) is 0 Å². The number of rotatable bonds is 38. The number of aliphatic hydroxyl groups is 1. The molecule has 0 aliphatic rings. The van der Waals surface area contributed by atoms with Crippen molar-refractivity contribution in [1.82, 2.24) is 0 Å². The lowest BCUT2D eigenvalue weighted by Crippen LogP contribution is -2.34. The molecule has 0 aromatic heterocycles. The van der Waals surface area contributed by atoms with Crippen LogP contribution < -0.4 is 5.73 Å². The molecule has 12 nitrogen and oxygen atoms in total. The van der Waals surface area contributed by atoms with Crippen LogP contribution in [0, 0.1) is 0 Å². The number of aliphatic carboxylic acids is 1. The highest BCUT2D eigenvalue weighted by atomic mass is 31.2. The van der Waals surface area contributed by atoms with E-state index in [1.165, 1.54) is 0 Å². The summed E-state index contributed by atoms with van der Waals surface area (Å²) in [6.07, 6.45) is 51.5. The molecule has 0 aromatic carbocycles. The Morgan fingerprint density at radius 1 is 0.590 bits per heavy atom. The molecule has 0 radical (unpaired) electrons. The van der Waals surface area contributed by atoms with Crippen LogP contribution in [-0.2, 0) is 37.5 Å². The van der Waals surface area contributed by atoms with Gasteiger partial charge in [0.05, 0.1) is 19.3 Å². The minimum atomic E-state index is -4.77. The molecule has 0 fully saturated rings. The van der Waals surface area contributed by atoms with Gasteiger partial charge in [0, 0.05) is 12.8 Å². The molecule has 0 spiro atoms. The van der Waals surface area contributed by atoms with E-state index in [2.05, 4.69) is 103 Å². The number of carbonyl (C=O) groups excluding carboxylic acids is 2. The number of nitrogens with two attached hydrogens (primary N) is 1. The molecule has 0 saturated heterocycles. The van der Waals surface area contributed by atoms with Crippen molar-refractivity contribution in [1.29, 1.82) is 0 Å². The molecule has 61 heavy (non-hydrogen) atoms. The summed E-state index contributed by atoms with van der Waals surface area (Å²) in [7, 11) is -4.77. The van der Waals surface area contributed by atoms with E-state index >= 15 is 0 Å². The number of ether oxygens (including phenoxy) is 2. The number of phosphoric ester groups is 1. The highest BCUT2D eigenvalue weighted by Crippen LogP contribution is 2.43. The summed E-state index contributed by atoms with van der Waals surface area (Å²) in [4.78, 5) is 46.0. The second kappa shape index (κ2) is 41.2.